The van der Waals surface area contributed by atoms with Crippen LogP contribution in [-0.4, -0.2) is 48.3 Å². The van der Waals surface area contributed by atoms with Crippen molar-refractivity contribution in [3.63, 3.8) is 0 Å². The Labute approximate surface area is 137 Å². The van der Waals surface area contributed by atoms with Gasteiger partial charge in [-0.25, -0.2) is 9.59 Å². The van der Waals surface area contributed by atoms with Crippen LogP contribution in [0.25, 0.3) is 0 Å². The summed E-state index contributed by atoms with van der Waals surface area (Å²) in [5.41, 5.74) is -0.154. The molecular formula is C16H26N2O5. The third-order valence-electron chi connectivity index (χ3n) is 4.56. The van der Waals surface area contributed by atoms with E-state index in [-0.39, 0.29) is 18.4 Å². The first-order chi connectivity index (χ1) is 10.6. The molecule has 0 aromatic heterocycles. The van der Waals surface area contributed by atoms with Crippen LogP contribution in [0.3, 0.4) is 0 Å². The molecule has 7 nitrogen and oxygen atoms in total. The second kappa shape index (κ2) is 7.02. The van der Waals surface area contributed by atoms with Gasteiger partial charge in [0, 0.05) is 5.57 Å². The first kappa shape index (κ1) is 19.0. The minimum Gasteiger partial charge on any atom is -0.463 e. The summed E-state index contributed by atoms with van der Waals surface area (Å²) < 4.78 is 9.84. The van der Waals surface area contributed by atoms with Crippen LogP contribution in [0.15, 0.2) is 11.1 Å². The number of methoxy groups -OCH3 is 1. The zero-order chi connectivity index (χ0) is 17.9. The van der Waals surface area contributed by atoms with Crippen molar-refractivity contribution in [2.75, 3.05) is 13.7 Å². The van der Waals surface area contributed by atoms with Gasteiger partial charge in [-0.15, -0.1) is 0 Å². The summed E-state index contributed by atoms with van der Waals surface area (Å²) in [5, 5.41) is 2.79. The van der Waals surface area contributed by atoms with Crippen LogP contribution in [0.2, 0.25) is 0 Å². The average Bonchev–Trinajstić information content (AvgIpc) is 2.78. The summed E-state index contributed by atoms with van der Waals surface area (Å²) in [6.07, 6.45) is -1.37. The van der Waals surface area contributed by atoms with E-state index in [1.807, 2.05) is 13.8 Å². The minimum absolute atomic E-state index is 0.137. The van der Waals surface area contributed by atoms with Gasteiger partial charge in [0.15, 0.2) is 0 Å². The van der Waals surface area contributed by atoms with Gasteiger partial charge in [-0.2, -0.15) is 0 Å². The number of hydrogen-bond acceptors (Lipinski definition) is 5. The molecule has 7 heteroatoms. The number of nitrogens with zero attached hydrogens (tertiary/aromatic N) is 1. The molecule has 1 fully saturated rings. The maximum atomic E-state index is 12.5. The number of esters is 1. The maximum absolute atomic E-state index is 12.5. The third-order valence-corrected chi connectivity index (χ3v) is 4.56. The lowest BCUT2D eigenvalue weighted by Gasteiger charge is -2.37. The van der Waals surface area contributed by atoms with Crippen LogP contribution in [0.1, 0.15) is 41.5 Å². The molecule has 0 aromatic rings. The Balaban J connectivity index is 3.35. The van der Waals surface area contributed by atoms with Crippen LogP contribution in [0, 0.1) is 5.92 Å². The molecule has 1 aliphatic heterocycles. The number of hydrogen-bond donors (Lipinski definition) is 1. The van der Waals surface area contributed by atoms with Crippen molar-refractivity contribution >= 4 is 18.0 Å². The van der Waals surface area contributed by atoms with Crippen molar-refractivity contribution < 1.29 is 23.9 Å². The molecule has 0 aromatic carbocycles. The highest BCUT2D eigenvalue weighted by Crippen LogP contribution is 2.35. The number of ether oxygens (including phenoxy) is 2. The fourth-order valence-electron chi connectivity index (χ4n) is 2.55. The quantitative estimate of drug-likeness (QED) is 0.629. The lowest BCUT2D eigenvalue weighted by Crippen LogP contribution is -2.55. The molecule has 0 radical (unpaired) electrons. The number of carbonyl (C=O) groups excluding carboxylic acids is 3. The lowest BCUT2D eigenvalue weighted by molar-refractivity contribution is -0.138. The summed E-state index contributed by atoms with van der Waals surface area (Å²) >= 11 is 0. The predicted molar refractivity (Wildman–Crippen MR) is 84.4 cm³/mol. The smallest absolute Gasteiger partial charge is 0.412 e. The Bertz CT molecular complexity index is 541. The summed E-state index contributed by atoms with van der Waals surface area (Å²) in [6, 6.07) is 0. The van der Waals surface area contributed by atoms with Gasteiger partial charge in [0.05, 0.1) is 13.7 Å². The second-order valence-corrected chi connectivity index (χ2v) is 6.05. The molecule has 0 saturated carbocycles. The first-order valence-electron chi connectivity index (χ1n) is 7.65. The summed E-state index contributed by atoms with van der Waals surface area (Å²) in [4.78, 5) is 38.1. The number of carbonyl (C=O) groups is 3. The van der Waals surface area contributed by atoms with Crippen LogP contribution in [0.4, 0.5) is 4.79 Å². The molecule has 2 atom stereocenters. The van der Waals surface area contributed by atoms with Gasteiger partial charge in [0.2, 0.25) is 5.91 Å². The zero-order valence-electron chi connectivity index (χ0n) is 14.9. The Hall–Kier alpha value is -2.05. The molecule has 2 unspecified atom stereocenters. The number of amides is 2. The van der Waals surface area contributed by atoms with E-state index in [0.717, 1.165) is 0 Å². The average molecular weight is 326 g/mol. The Morgan fingerprint density at radius 2 is 1.91 bits per heavy atom. The van der Waals surface area contributed by atoms with Gasteiger partial charge in [0.1, 0.15) is 11.7 Å². The number of nitrogens with one attached hydrogen (secondary N) is 1. The van der Waals surface area contributed by atoms with E-state index in [1.54, 1.807) is 27.7 Å². The van der Waals surface area contributed by atoms with Crippen molar-refractivity contribution in [3.05, 3.63) is 11.1 Å². The first-order valence-corrected chi connectivity index (χ1v) is 7.65. The summed E-state index contributed by atoms with van der Waals surface area (Å²) in [7, 11) is 1.26. The highest BCUT2D eigenvalue weighted by molar-refractivity contribution is 5.95. The molecule has 0 bridgehead atoms. The summed E-state index contributed by atoms with van der Waals surface area (Å²) in [5.74, 6) is -0.886. The lowest BCUT2D eigenvalue weighted by atomic mass is 9.87. The van der Waals surface area contributed by atoms with Gasteiger partial charge in [-0.3, -0.25) is 9.69 Å². The Morgan fingerprint density at radius 3 is 2.35 bits per heavy atom. The second-order valence-electron chi connectivity index (χ2n) is 6.05. The molecule has 1 saturated heterocycles. The predicted octanol–water partition coefficient (Wildman–Crippen LogP) is 1.82. The molecule has 0 spiro atoms. The molecule has 1 rings (SSSR count). The van der Waals surface area contributed by atoms with Gasteiger partial charge in [-0.05, 0) is 39.2 Å². The molecule has 1 heterocycles. The largest absolute Gasteiger partial charge is 0.463 e. The highest BCUT2D eigenvalue weighted by Gasteiger charge is 2.55. The molecule has 0 aliphatic carbocycles. The van der Waals surface area contributed by atoms with E-state index in [0.29, 0.717) is 11.1 Å². The molecule has 23 heavy (non-hydrogen) atoms. The van der Waals surface area contributed by atoms with Gasteiger partial charge in [0.25, 0.3) is 0 Å². The SMILES string of the molecule is CCOC(=O)/C(C)=C(/C)C1NC(=O)C(C)(C(C)C)N1C(=O)OC. The van der Waals surface area contributed by atoms with Gasteiger partial charge in [-0.1, -0.05) is 13.8 Å². The number of rotatable bonds is 4. The topological polar surface area (TPSA) is 84.9 Å². The van der Waals surface area contributed by atoms with Crippen LogP contribution < -0.4 is 5.32 Å². The fourth-order valence-corrected chi connectivity index (χ4v) is 2.55. The van der Waals surface area contributed by atoms with Crippen molar-refractivity contribution in [2.45, 2.75) is 53.2 Å². The Morgan fingerprint density at radius 1 is 1.35 bits per heavy atom. The van der Waals surface area contributed by atoms with Gasteiger partial charge < -0.3 is 14.8 Å². The standard InChI is InChI=1S/C16H26N2O5/c1-8-23-13(19)11(5)10(4)12-17-14(20)16(6,9(2)3)18(12)15(21)22-7/h9,12H,8H2,1-7H3,(H,17,20)/b11-10-. The molecule has 2 amide bonds. The van der Waals surface area contributed by atoms with Crippen molar-refractivity contribution in [2.24, 2.45) is 5.92 Å². The van der Waals surface area contributed by atoms with E-state index >= 15 is 0 Å². The minimum atomic E-state index is -1.06. The Kier molecular flexibility index (Phi) is 5.80. The van der Waals surface area contributed by atoms with E-state index in [9.17, 15) is 14.4 Å². The van der Waals surface area contributed by atoms with E-state index in [1.165, 1.54) is 12.0 Å². The van der Waals surface area contributed by atoms with Gasteiger partial charge >= 0.3 is 12.1 Å². The normalized spacial score (nSPS) is 25.1. The van der Waals surface area contributed by atoms with Crippen molar-refractivity contribution in [3.8, 4) is 0 Å². The fraction of sp³-hybridized carbons (Fsp3) is 0.688. The molecule has 130 valence electrons. The monoisotopic (exact) mass is 326 g/mol. The molecule has 1 N–H and O–H groups in total. The van der Waals surface area contributed by atoms with E-state index < -0.39 is 23.8 Å². The van der Waals surface area contributed by atoms with E-state index in [4.69, 9.17) is 9.47 Å². The van der Waals surface area contributed by atoms with Crippen LogP contribution in [-0.2, 0) is 19.1 Å². The third kappa shape index (κ3) is 3.18. The van der Waals surface area contributed by atoms with E-state index in [2.05, 4.69) is 5.32 Å². The zero-order valence-corrected chi connectivity index (χ0v) is 14.9. The van der Waals surface area contributed by atoms with Crippen molar-refractivity contribution in [1.29, 1.82) is 0 Å². The van der Waals surface area contributed by atoms with Crippen molar-refractivity contribution in [1.82, 2.24) is 10.2 Å². The van der Waals surface area contributed by atoms with Crippen LogP contribution in [0.5, 0.6) is 0 Å². The molecular weight excluding hydrogens is 300 g/mol. The highest BCUT2D eigenvalue weighted by atomic mass is 16.5. The summed E-state index contributed by atoms with van der Waals surface area (Å²) in [6.45, 7) is 10.7. The molecule has 1 aliphatic rings. The maximum Gasteiger partial charge on any atom is 0.412 e. The van der Waals surface area contributed by atoms with Crippen LogP contribution >= 0.6 is 0 Å².